The maximum atomic E-state index is 3.38. The van der Waals surface area contributed by atoms with Gasteiger partial charge in [0.15, 0.2) is 0 Å². The minimum absolute atomic E-state index is 0. The predicted octanol–water partition coefficient (Wildman–Crippen LogP) is 0.300. The molecule has 2 heteroatoms. The van der Waals surface area contributed by atoms with Crippen molar-refractivity contribution in [2.24, 2.45) is 0 Å². The van der Waals surface area contributed by atoms with Gasteiger partial charge in [-0.3, -0.25) is 4.90 Å². The molecule has 0 spiro atoms. The van der Waals surface area contributed by atoms with Crippen LogP contribution >= 0.6 is 0 Å². The Kier molecular flexibility index (Phi) is 1.44. The summed E-state index contributed by atoms with van der Waals surface area (Å²) in [6, 6.07) is 0.888. The molecule has 0 amide bonds. The van der Waals surface area contributed by atoms with Crippen molar-refractivity contribution < 1.29 is 1.43 Å². The minimum Gasteiger partial charge on any atom is -0.315 e. The van der Waals surface area contributed by atoms with Gasteiger partial charge in [0.1, 0.15) is 0 Å². The van der Waals surface area contributed by atoms with Crippen molar-refractivity contribution in [3.8, 4) is 0 Å². The highest BCUT2D eigenvalue weighted by Crippen LogP contribution is 2.15. The molecule has 1 N–H and O–H groups in total. The molecular formula is C7H16N2. The van der Waals surface area contributed by atoms with E-state index in [9.17, 15) is 0 Å². The second kappa shape index (κ2) is 2.27. The van der Waals surface area contributed by atoms with E-state index in [2.05, 4.69) is 10.2 Å². The SMILES string of the molecule is C1CN(C2CCNC2)C1.[HH]. The van der Waals surface area contributed by atoms with Gasteiger partial charge >= 0.3 is 0 Å². The Hall–Kier alpha value is -0.0800. The first-order valence-electron chi connectivity index (χ1n) is 3.91. The molecule has 2 aliphatic heterocycles. The fraction of sp³-hybridized carbons (Fsp3) is 1.00. The minimum atomic E-state index is 0. The van der Waals surface area contributed by atoms with Gasteiger partial charge in [-0.05, 0) is 32.5 Å². The molecule has 0 saturated carbocycles. The van der Waals surface area contributed by atoms with Gasteiger partial charge in [0.05, 0.1) is 0 Å². The molecule has 2 nitrogen and oxygen atoms in total. The van der Waals surface area contributed by atoms with Gasteiger partial charge in [0.25, 0.3) is 0 Å². The van der Waals surface area contributed by atoms with Gasteiger partial charge in [0, 0.05) is 14.0 Å². The Morgan fingerprint density at radius 2 is 2.33 bits per heavy atom. The van der Waals surface area contributed by atoms with E-state index < -0.39 is 0 Å². The first-order chi connectivity index (χ1) is 4.47. The van der Waals surface area contributed by atoms with Crippen LogP contribution in [0.2, 0.25) is 0 Å². The van der Waals surface area contributed by atoms with Gasteiger partial charge in [-0.15, -0.1) is 0 Å². The van der Waals surface area contributed by atoms with Crippen LogP contribution in [0.5, 0.6) is 0 Å². The summed E-state index contributed by atoms with van der Waals surface area (Å²) >= 11 is 0. The summed E-state index contributed by atoms with van der Waals surface area (Å²) in [4.78, 5) is 2.58. The third-order valence-corrected chi connectivity index (χ3v) is 2.44. The molecule has 2 aliphatic rings. The van der Waals surface area contributed by atoms with Crippen molar-refractivity contribution >= 4 is 0 Å². The van der Waals surface area contributed by atoms with Crippen LogP contribution in [0.25, 0.3) is 0 Å². The second-order valence-electron chi connectivity index (χ2n) is 3.04. The van der Waals surface area contributed by atoms with Crippen LogP contribution in [-0.2, 0) is 0 Å². The summed E-state index contributed by atoms with van der Waals surface area (Å²) in [5.74, 6) is 0. The fourth-order valence-electron chi connectivity index (χ4n) is 1.66. The van der Waals surface area contributed by atoms with Gasteiger partial charge in [-0.25, -0.2) is 0 Å². The first-order valence-corrected chi connectivity index (χ1v) is 3.91. The van der Waals surface area contributed by atoms with E-state index >= 15 is 0 Å². The molecule has 0 aliphatic carbocycles. The van der Waals surface area contributed by atoms with E-state index in [4.69, 9.17) is 0 Å². The summed E-state index contributed by atoms with van der Waals surface area (Å²) < 4.78 is 0. The van der Waals surface area contributed by atoms with Crippen molar-refractivity contribution in [1.82, 2.24) is 10.2 Å². The van der Waals surface area contributed by atoms with Crippen LogP contribution in [0, 0.1) is 0 Å². The molecule has 0 radical (unpaired) electrons. The molecular weight excluding hydrogens is 112 g/mol. The zero-order chi connectivity index (χ0) is 6.10. The average Bonchev–Trinajstić information content (AvgIpc) is 2.11. The van der Waals surface area contributed by atoms with Gasteiger partial charge < -0.3 is 5.32 Å². The molecule has 1 atom stereocenters. The first kappa shape index (κ1) is 5.69. The van der Waals surface area contributed by atoms with Gasteiger partial charge in [-0.2, -0.15) is 0 Å². The largest absolute Gasteiger partial charge is 0.315 e. The Morgan fingerprint density at radius 3 is 2.78 bits per heavy atom. The van der Waals surface area contributed by atoms with Crippen LogP contribution in [0.4, 0.5) is 0 Å². The fourth-order valence-corrected chi connectivity index (χ4v) is 1.66. The van der Waals surface area contributed by atoms with Crippen molar-refractivity contribution in [2.75, 3.05) is 26.2 Å². The summed E-state index contributed by atoms with van der Waals surface area (Å²) in [6.45, 7) is 5.18. The van der Waals surface area contributed by atoms with Gasteiger partial charge in [-0.1, -0.05) is 0 Å². The number of hydrogen-bond acceptors (Lipinski definition) is 2. The monoisotopic (exact) mass is 128 g/mol. The van der Waals surface area contributed by atoms with E-state index in [-0.39, 0.29) is 1.43 Å². The third kappa shape index (κ3) is 0.970. The predicted molar refractivity (Wildman–Crippen MR) is 39.6 cm³/mol. The molecule has 2 fully saturated rings. The average molecular weight is 128 g/mol. The Bertz CT molecular complexity index is 97.8. The second-order valence-corrected chi connectivity index (χ2v) is 3.04. The Morgan fingerprint density at radius 1 is 1.44 bits per heavy atom. The van der Waals surface area contributed by atoms with Crippen molar-refractivity contribution in [2.45, 2.75) is 18.9 Å². The molecule has 0 aromatic rings. The molecule has 0 aromatic carbocycles. The number of hydrogen-bond donors (Lipinski definition) is 1. The van der Waals surface area contributed by atoms with E-state index in [1.54, 1.807) is 0 Å². The van der Waals surface area contributed by atoms with Crippen LogP contribution < -0.4 is 5.32 Å². The molecule has 9 heavy (non-hydrogen) atoms. The maximum absolute atomic E-state index is 3.38. The highest BCUT2D eigenvalue weighted by molar-refractivity contribution is 4.84. The summed E-state index contributed by atoms with van der Waals surface area (Å²) in [7, 11) is 0. The van der Waals surface area contributed by atoms with E-state index in [1.807, 2.05) is 0 Å². The molecule has 2 rings (SSSR count). The zero-order valence-corrected chi connectivity index (χ0v) is 5.77. The lowest BCUT2D eigenvalue weighted by atomic mass is 10.1. The van der Waals surface area contributed by atoms with E-state index in [0.717, 1.165) is 6.04 Å². The standard InChI is InChI=1S/C7H14N2.H2/c1-4-9(5-1)7-2-3-8-6-7;/h7-8H,1-6H2;1H. The summed E-state index contributed by atoms with van der Waals surface area (Å²) in [5.41, 5.74) is 0. The molecule has 0 bridgehead atoms. The Labute approximate surface area is 57.7 Å². The van der Waals surface area contributed by atoms with Gasteiger partial charge in [0.2, 0.25) is 0 Å². The van der Waals surface area contributed by atoms with Crippen LogP contribution in [-0.4, -0.2) is 37.1 Å². The molecule has 2 heterocycles. The van der Waals surface area contributed by atoms with E-state index in [0.29, 0.717) is 0 Å². The third-order valence-electron chi connectivity index (χ3n) is 2.44. The molecule has 2 saturated heterocycles. The molecule has 1 unspecified atom stereocenters. The lowest BCUT2D eigenvalue weighted by molar-refractivity contribution is 0.128. The van der Waals surface area contributed by atoms with Crippen molar-refractivity contribution in [3.63, 3.8) is 0 Å². The lowest BCUT2D eigenvalue weighted by Crippen LogP contribution is -2.45. The Balaban J connectivity index is 0.000000500. The lowest BCUT2D eigenvalue weighted by Gasteiger charge is -2.35. The molecule has 0 aromatic heterocycles. The van der Waals surface area contributed by atoms with E-state index in [1.165, 1.54) is 39.0 Å². The van der Waals surface area contributed by atoms with Crippen LogP contribution in [0.3, 0.4) is 0 Å². The smallest absolute Gasteiger partial charge is 0.0232 e. The number of likely N-dealkylation sites (tertiary alicyclic amines) is 1. The topological polar surface area (TPSA) is 15.3 Å². The van der Waals surface area contributed by atoms with Crippen LogP contribution in [0.15, 0.2) is 0 Å². The highest BCUT2D eigenvalue weighted by atomic mass is 15.2. The number of nitrogens with one attached hydrogen (secondary N) is 1. The van der Waals surface area contributed by atoms with Crippen molar-refractivity contribution in [1.29, 1.82) is 0 Å². The quantitative estimate of drug-likeness (QED) is 0.546. The molecule has 54 valence electrons. The number of rotatable bonds is 1. The summed E-state index contributed by atoms with van der Waals surface area (Å²) in [5, 5.41) is 3.38. The maximum Gasteiger partial charge on any atom is 0.0232 e. The zero-order valence-electron chi connectivity index (χ0n) is 5.77. The van der Waals surface area contributed by atoms with Crippen LogP contribution in [0.1, 0.15) is 14.3 Å². The number of nitrogens with zero attached hydrogens (tertiary/aromatic N) is 1. The van der Waals surface area contributed by atoms with Crippen molar-refractivity contribution in [3.05, 3.63) is 0 Å². The highest BCUT2D eigenvalue weighted by Gasteiger charge is 2.25. The summed E-state index contributed by atoms with van der Waals surface area (Å²) in [6.07, 6.45) is 2.80. The normalized spacial score (nSPS) is 36.7.